The van der Waals surface area contributed by atoms with E-state index in [1.54, 1.807) is 13.1 Å². The highest BCUT2D eigenvalue weighted by Gasteiger charge is 2.21. The first-order valence-electron chi connectivity index (χ1n) is 6.03. The van der Waals surface area contributed by atoms with Crippen LogP contribution in [0.5, 0.6) is 0 Å². The summed E-state index contributed by atoms with van der Waals surface area (Å²) in [6.45, 7) is 9.69. The molecule has 1 unspecified atom stereocenters. The van der Waals surface area contributed by atoms with Gasteiger partial charge in [0.15, 0.2) is 0 Å². The first kappa shape index (κ1) is 14.6. The quantitative estimate of drug-likeness (QED) is 0.824. The smallest absolute Gasteiger partial charge is 0.323 e. The summed E-state index contributed by atoms with van der Waals surface area (Å²) in [6, 6.07) is 1.46. The first-order chi connectivity index (χ1) is 8.28. The Bertz CT molecular complexity index is 413. The van der Waals surface area contributed by atoms with Crippen LogP contribution in [0.4, 0.5) is 0 Å². The third-order valence-electron chi connectivity index (χ3n) is 2.18. The second-order valence-electron chi connectivity index (χ2n) is 5.23. The van der Waals surface area contributed by atoms with Crippen molar-refractivity contribution in [2.45, 2.75) is 52.8 Å². The van der Waals surface area contributed by atoms with Crippen LogP contribution in [0.2, 0.25) is 0 Å². The summed E-state index contributed by atoms with van der Waals surface area (Å²) in [6.07, 6.45) is 1.71. The van der Waals surface area contributed by atoms with Crippen LogP contribution >= 0.6 is 0 Å². The van der Waals surface area contributed by atoms with Crippen LogP contribution in [0.15, 0.2) is 12.3 Å². The zero-order chi connectivity index (χ0) is 13.8. The lowest BCUT2D eigenvalue weighted by molar-refractivity contribution is -0.157. The minimum atomic E-state index is -0.460. The van der Waals surface area contributed by atoms with Crippen molar-refractivity contribution in [3.63, 3.8) is 0 Å². The Balaban J connectivity index is 2.46. The molecule has 1 atom stereocenters. The van der Waals surface area contributed by atoms with E-state index < -0.39 is 5.60 Å². The Kier molecular flexibility index (Phi) is 4.78. The standard InChI is InChI=1S/C13H21N3O2/c1-9(12(17)18-13(3,4)5)15-8-11-6-7-14-10(2)16-11/h6-7,9,15H,8H2,1-5H3. The van der Waals surface area contributed by atoms with E-state index in [1.807, 2.05) is 33.8 Å². The van der Waals surface area contributed by atoms with Gasteiger partial charge in [0.25, 0.3) is 0 Å². The Hall–Kier alpha value is -1.49. The lowest BCUT2D eigenvalue weighted by Gasteiger charge is -2.22. The monoisotopic (exact) mass is 251 g/mol. The maximum Gasteiger partial charge on any atom is 0.323 e. The van der Waals surface area contributed by atoms with Crippen LogP contribution in [-0.2, 0) is 16.1 Å². The number of hydrogen-bond donors (Lipinski definition) is 1. The van der Waals surface area contributed by atoms with Gasteiger partial charge in [-0.3, -0.25) is 10.1 Å². The lowest BCUT2D eigenvalue weighted by Crippen LogP contribution is -2.39. The number of esters is 1. The van der Waals surface area contributed by atoms with Crippen molar-refractivity contribution in [3.8, 4) is 0 Å². The molecule has 0 fully saturated rings. The van der Waals surface area contributed by atoms with E-state index >= 15 is 0 Å². The molecule has 100 valence electrons. The fraction of sp³-hybridized carbons (Fsp3) is 0.615. The van der Waals surface area contributed by atoms with Gasteiger partial charge in [0.05, 0.1) is 5.69 Å². The predicted octanol–water partition coefficient (Wildman–Crippen LogP) is 1.60. The third-order valence-corrected chi connectivity index (χ3v) is 2.18. The summed E-state index contributed by atoms with van der Waals surface area (Å²) < 4.78 is 5.28. The molecule has 5 nitrogen and oxygen atoms in total. The van der Waals surface area contributed by atoms with Gasteiger partial charge in [0.1, 0.15) is 17.5 Å². The van der Waals surface area contributed by atoms with Gasteiger partial charge in [-0.05, 0) is 40.7 Å². The summed E-state index contributed by atoms with van der Waals surface area (Å²) >= 11 is 0. The number of aryl methyl sites for hydroxylation is 1. The van der Waals surface area contributed by atoms with Crippen molar-refractivity contribution < 1.29 is 9.53 Å². The Labute approximate surface area is 108 Å². The molecule has 0 bridgehead atoms. The van der Waals surface area contributed by atoms with E-state index in [4.69, 9.17) is 4.74 Å². The van der Waals surface area contributed by atoms with Crippen LogP contribution in [0.25, 0.3) is 0 Å². The molecule has 1 rings (SSSR count). The van der Waals surface area contributed by atoms with Gasteiger partial charge in [-0.15, -0.1) is 0 Å². The zero-order valence-corrected chi connectivity index (χ0v) is 11.7. The van der Waals surface area contributed by atoms with Crippen molar-refractivity contribution in [3.05, 3.63) is 23.8 Å². The van der Waals surface area contributed by atoms with Crippen LogP contribution in [-0.4, -0.2) is 27.6 Å². The molecule has 0 amide bonds. The van der Waals surface area contributed by atoms with E-state index in [-0.39, 0.29) is 12.0 Å². The van der Waals surface area contributed by atoms with Gasteiger partial charge in [-0.2, -0.15) is 0 Å². The summed E-state index contributed by atoms with van der Waals surface area (Å²) in [5.74, 6) is 0.465. The summed E-state index contributed by atoms with van der Waals surface area (Å²) in [7, 11) is 0. The SMILES string of the molecule is Cc1nccc(CNC(C)C(=O)OC(C)(C)C)n1. The van der Waals surface area contributed by atoms with Gasteiger partial charge in [0, 0.05) is 12.7 Å². The minimum absolute atomic E-state index is 0.256. The molecule has 0 aromatic carbocycles. The largest absolute Gasteiger partial charge is 0.459 e. The normalized spacial score (nSPS) is 13.2. The van der Waals surface area contributed by atoms with E-state index in [9.17, 15) is 4.79 Å². The Morgan fingerprint density at radius 3 is 2.72 bits per heavy atom. The maximum absolute atomic E-state index is 11.7. The average Bonchev–Trinajstić information content (AvgIpc) is 2.23. The molecule has 1 N–H and O–H groups in total. The highest BCUT2D eigenvalue weighted by Crippen LogP contribution is 2.08. The van der Waals surface area contributed by atoms with E-state index in [2.05, 4.69) is 15.3 Å². The zero-order valence-electron chi connectivity index (χ0n) is 11.7. The molecular weight excluding hydrogens is 230 g/mol. The number of hydrogen-bond acceptors (Lipinski definition) is 5. The number of rotatable bonds is 4. The lowest BCUT2D eigenvalue weighted by atomic mass is 10.2. The topological polar surface area (TPSA) is 64.1 Å². The molecule has 0 spiro atoms. The number of nitrogens with one attached hydrogen (secondary N) is 1. The van der Waals surface area contributed by atoms with Crippen LogP contribution in [0.3, 0.4) is 0 Å². The second kappa shape index (κ2) is 5.91. The molecule has 0 saturated heterocycles. The molecule has 0 aliphatic rings. The van der Waals surface area contributed by atoms with Crippen molar-refractivity contribution in [1.82, 2.24) is 15.3 Å². The van der Waals surface area contributed by atoms with Crippen molar-refractivity contribution >= 4 is 5.97 Å². The molecule has 0 radical (unpaired) electrons. The van der Waals surface area contributed by atoms with Gasteiger partial charge in [-0.1, -0.05) is 0 Å². The van der Waals surface area contributed by atoms with Gasteiger partial charge in [-0.25, -0.2) is 9.97 Å². The molecule has 1 aromatic rings. The second-order valence-corrected chi connectivity index (χ2v) is 5.23. The molecular formula is C13H21N3O2. The summed E-state index contributed by atoms with van der Waals surface area (Å²) in [5, 5.41) is 3.08. The summed E-state index contributed by atoms with van der Waals surface area (Å²) in [4.78, 5) is 20.0. The van der Waals surface area contributed by atoms with Crippen molar-refractivity contribution in [1.29, 1.82) is 0 Å². The minimum Gasteiger partial charge on any atom is -0.459 e. The molecule has 1 heterocycles. The number of nitrogens with zero attached hydrogens (tertiary/aromatic N) is 2. The Morgan fingerprint density at radius 2 is 2.17 bits per heavy atom. The van der Waals surface area contributed by atoms with E-state index in [0.717, 1.165) is 11.5 Å². The highest BCUT2D eigenvalue weighted by molar-refractivity contribution is 5.75. The molecule has 0 saturated carbocycles. The van der Waals surface area contributed by atoms with E-state index in [1.165, 1.54) is 0 Å². The van der Waals surface area contributed by atoms with Crippen LogP contribution in [0.1, 0.15) is 39.2 Å². The number of carbonyl (C=O) groups excluding carboxylic acids is 1. The Morgan fingerprint density at radius 1 is 1.50 bits per heavy atom. The number of carbonyl (C=O) groups is 1. The number of aromatic nitrogens is 2. The predicted molar refractivity (Wildman–Crippen MR) is 68.9 cm³/mol. The van der Waals surface area contributed by atoms with Crippen molar-refractivity contribution in [2.24, 2.45) is 0 Å². The first-order valence-corrected chi connectivity index (χ1v) is 6.03. The fourth-order valence-corrected chi connectivity index (χ4v) is 1.33. The molecule has 0 aliphatic carbocycles. The molecule has 0 aliphatic heterocycles. The van der Waals surface area contributed by atoms with Gasteiger partial charge < -0.3 is 4.74 Å². The van der Waals surface area contributed by atoms with Crippen molar-refractivity contribution in [2.75, 3.05) is 0 Å². The fourth-order valence-electron chi connectivity index (χ4n) is 1.33. The third kappa shape index (κ3) is 5.23. The average molecular weight is 251 g/mol. The van der Waals surface area contributed by atoms with Gasteiger partial charge in [0.2, 0.25) is 0 Å². The highest BCUT2D eigenvalue weighted by atomic mass is 16.6. The van der Waals surface area contributed by atoms with Crippen LogP contribution in [0, 0.1) is 6.92 Å². The number of ether oxygens (including phenoxy) is 1. The van der Waals surface area contributed by atoms with Crippen LogP contribution < -0.4 is 5.32 Å². The maximum atomic E-state index is 11.7. The van der Waals surface area contributed by atoms with E-state index in [0.29, 0.717) is 6.54 Å². The molecule has 18 heavy (non-hydrogen) atoms. The summed E-state index contributed by atoms with van der Waals surface area (Å²) in [5.41, 5.74) is 0.399. The molecule has 5 heteroatoms. The molecule has 1 aromatic heterocycles. The van der Waals surface area contributed by atoms with Gasteiger partial charge >= 0.3 is 5.97 Å².